The van der Waals surface area contributed by atoms with E-state index in [4.69, 9.17) is 0 Å². The molecule has 0 bridgehead atoms. The van der Waals surface area contributed by atoms with Gasteiger partial charge in [-0.1, -0.05) is 34.1 Å². The average molecular weight is 477 g/mol. The van der Waals surface area contributed by atoms with Crippen LogP contribution in [0.25, 0.3) is 0 Å². The van der Waals surface area contributed by atoms with Crippen molar-refractivity contribution in [1.29, 1.82) is 0 Å². The maximum absolute atomic E-state index is 12.8. The van der Waals surface area contributed by atoms with E-state index in [1.165, 1.54) is 24.3 Å². The van der Waals surface area contributed by atoms with Crippen LogP contribution in [0.3, 0.4) is 0 Å². The topological polar surface area (TPSA) is 58.2 Å². The molecule has 0 aliphatic rings. The zero-order valence-electron chi connectivity index (χ0n) is 15.7. The fourth-order valence-electron chi connectivity index (χ4n) is 2.65. The Morgan fingerprint density at radius 2 is 1.37 bits per heavy atom. The summed E-state index contributed by atoms with van der Waals surface area (Å²) in [5.74, 6) is -0.949. The lowest BCUT2D eigenvalue weighted by atomic mass is 10.1. The minimum Gasteiger partial charge on any atom is -0.322 e. The summed E-state index contributed by atoms with van der Waals surface area (Å²) in [4.78, 5) is 24.9. The number of nitrogens with one attached hydrogen (secondary N) is 2. The minimum absolute atomic E-state index is 0.0220. The molecule has 3 rings (SSSR count). The summed E-state index contributed by atoms with van der Waals surface area (Å²) in [6.45, 7) is 1.90. The van der Waals surface area contributed by atoms with Crippen LogP contribution in [-0.4, -0.2) is 11.8 Å². The van der Waals surface area contributed by atoms with Crippen molar-refractivity contribution in [2.75, 3.05) is 10.6 Å². The Kier molecular flexibility index (Phi) is 6.26. The SMILES string of the molecule is Cc1ccc(C(=O)Nc2cccc(C(=O)Nc3cccc(C(F)(F)F)c3)c2)cc1Br. The van der Waals surface area contributed by atoms with Gasteiger partial charge in [0.1, 0.15) is 0 Å². The van der Waals surface area contributed by atoms with Crippen LogP contribution in [0.2, 0.25) is 0 Å². The Morgan fingerprint density at radius 1 is 0.800 bits per heavy atom. The number of benzene rings is 3. The maximum atomic E-state index is 12.8. The molecule has 2 amide bonds. The monoisotopic (exact) mass is 476 g/mol. The minimum atomic E-state index is -4.50. The number of hydrogen-bond donors (Lipinski definition) is 2. The van der Waals surface area contributed by atoms with E-state index >= 15 is 0 Å². The van der Waals surface area contributed by atoms with Crippen LogP contribution in [0.1, 0.15) is 31.8 Å². The Balaban J connectivity index is 1.74. The predicted molar refractivity (Wildman–Crippen MR) is 113 cm³/mol. The molecule has 0 spiro atoms. The Bertz CT molecular complexity index is 1110. The van der Waals surface area contributed by atoms with E-state index in [2.05, 4.69) is 26.6 Å². The predicted octanol–water partition coefficient (Wildman–Crippen LogP) is 6.28. The number of halogens is 4. The smallest absolute Gasteiger partial charge is 0.322 e. The Morgan fingerprint density at radius 3 is 1.97 bits per heavy atom. The lowest BCUT2D eigenvalue weighted by molar-refractivity contribution is -0.137. The van der Waals surface area contributed by atoms with E-state index in [0.717, 1.165) is 22.2 Å². The first kappa shape index (κ1) is 21.6. The first-order chi connectivity index (χ1) is 14.1. The van der Waals surface area contributed by atoms with Crippen LogP contribution in [0.5, 0.6) is 0 Å². The number of aryl methyl sites for hydroxylation is 1. The molecule has 8 heteroatoms. The van der Waals surface area contributed by atoms with E-state index in [9.17, 15) is 22.8 Å². The zero-order chi connectivity index (χ0) is 21.9. The molecule has 0 unspecified atom stereocenters. The standard InChI is InChI=1S/C22H16BrF3N2O2/c1-13-8-9-15(11-19(13)23)21(30)27-17-6-2-4-14(10-17)20(29)28-18-7-3-5-16(12-18)22(24,25)26/h2-12H,1H3,(H,27,30)(H,28,29). The molecular formula is C22H16BrF3N2O2. The molecule has 154 valence electrons. The first-order valence-corrected chi connectivity index (χ1v) is 9.59. The molecule has 0 aliphatic carbocycles. The van der Waals surface area contributed by atoms with Crippen molar-refractivity contribution in [2.24, 2.45) is 0 Å². The van der Waals surface area contributed by atoms with Crippen LogP contribution >= 0.6 is 15.9 Å². The van der Waals surface area contributed by atoms with E-state index in [1.54, 1.807) is 30.3 Å². The molecule has 0 saturated heterocycles. The van der Waals surface area contributed by atoms with Crippen molar-refractivity contribution in [2.45, 2.75) is 13.1 Å². The van der Waals surface area contributed by atoms with Gasteiger partial charge < -0.3 is 10.6 Å². The van der Waals surface area contributed by atoms with E-state index in [-0.39, 0.29) is 17.2 Å². The molecule has 3 aromatic carbocycles. The van der Waals surface area contributed by atoms with Gasteiger partial charge in [0.25, 0.3) is 11.8 Å². The van der Waals surface area contributed by atoms with Gasteiger partial charge in [0.2, 0.25) is 0 Å². The Labute approximate surface area is 179 Å². The molecule has 0 fully saturated rings. The third kappa shape index (κ3) is 5.27. The summed E-state index contributed by atoms with van der Waals surface area (Å²) in [7, 11) is 0. The van der Waals surface area contributed by atoms with Crippen molar-refractivity contribution in [3.8, 4) is 0 Å². The van der Waals surface area contributed by atoms with Crippen LogP contribution in [0.4, 0.5) is 24.5 Å². The summed E-state index contributed by atoms with van der Waals surface area (Å²) in [6.07, 6.45) is -4.50. The summed E-state index contributed by atoms with van der Waals surface area (Å²) in [5, 5.41) is 5.14. The van der Waals surface area contributed by atoms with Gasteiger partial charge in [-0.2, -0.15) is 13.2 Å². The molecule has 2 N–H and O–H groups in total. The number of hydrogen-bond acceptors (Lipinski definition) is 2. The summed E-state index contributed by atoms with van der Waals surface area (Å²) < 4.78 is 39.3. The lowest BCUT2D eigenvalue weighted by Crippen LogP contribution is -2.15. The van der Waals surface area contributed by atoms with Gasteiger partial charge in [-0.3, -0.25) is 9.59 Å². The molecule has 0 radical (unpaired) electrons. The van der Waals surface area contributed by atoms with Crippen molar-refractivity contribution >= 4 is 39.1 Å². The highest BCUT2D eigenvalue weighted by Gasteiger charge is 2.30. The van der Waals surface area contributed by atoms with E-state index < -0.39 is 17.6 Å². The first-order valence-electron chi connectivity index (χ1n) is 8.79. The van der Waals surface area contributed by atoms with E-state index in [1.807, 2.05) is 6.92 Å². The molecule has 4 nitrogen and oxygen atoms in total. The average Bonchev–Trinajstić information content (AvgIpc) is 2.69. The number of carbonyl (C=O) groups is 2. The van der Waals surface area contributed by atoms with Gasteiger partial charge in [-0.05, 0) is 61.0 Å². The third-order valence-electron chi connectivity index (χ3n) is 4.26. The summed E-state index contributed by atoms with van der Waals surface area (Å²) in [5.41, 5.74) is 1.16. The lowest BCUT2D eigenvalue weighted by Gasteiger charge is -2.11. The molecule has 0 aliphatic heterocycles. The van der Waals surface area contributed by atoms with Crippen LogP contribution in [0, 0.1) is 6.92 Å². The number of amides is 2. The van der Waals surface area contributed by atoms with Gasteiger partial charge in [0, 0.05) is 27.0 Å². The zero-order valence-corrected chi connectivity index (χ0v) is 17.3. The van der Waals surface area contributed by atoms with Gasteiger partial charge in [-0.15, -0.1) is 0 Å². The molecule has 3 aromatic rings. The highest BCUT2D eigenvalue weighted by atomic mass is 79.9. The van der Waals surface area contributed by atoms with Crippen molar-refractivity contribution in [3.63, 3.8) is 0 Å². The second-order valence-corrected chi connectivity index (χ2v) is 7.39. The number of rotatable bonds is 4. The van der Waals surface area contributed by atoms with Crippen LogP contribution in [-0.2, 0) is 6.18 Å². The Hall–Kier alpha value is -3.13. The molecule has 30 heavy (non-hydrogen) atoms. The number of alkyl halides is 3. The van der Waals surface area contributed by atoms with Crippen molar-refractivity contribution in [3.05, 3.63) is 93.5 Å². The van der Waals surface area contributed by atoms with Gasteiger partial charge >= 0.3 is 6.18 Å². The van der Waals surface area contributed by atoms with Crippen LogP contribution < -0.4 is 10.6 Å². The molecule has 0 aromatic heterocycles. The second kappa shape index (κ2) is 8.71. The molecule has 0 saturated carbocycles. The van der Waals surface area contributed by atoms with Crippen molar-refractivity contribution < 1.29 is 22.8 Å². The third-order valence-corrected chi connectivity index (χ3v) is 5.12. The van der Waals surface area contributed by atoms with E-state index in [0.29, 0.717) is 11.3 Å². The fraction of sp³-hybridized carbons (Fsp3) is 0.0909. The van der Waals surface area contributed by atoms with Crippen molar-refractivity contribution in [1.82, 2.24) is 0 Å². The summed E-state index contributed by atoms with van der Waals surface area (Å²) in [6, 6.07) is 15.7. The maximum Gasteiger partial charge on any atom is 0.416 e. The molecule has 0 atom stereocenters. The molecular weight excluding hydrogens is 461 g/mol. The highest BCUT2D eigenvalue weighted by molar-refractivity contribution is 9.10. The highest BCUT2D eigenvalue weighted by Crippen LogP contribution is 2.30. The van der Waals surface area contributed by atoms with Gasteiger partial charge in [0.15, 0.2) is 0 Å². The quantitative estimate of drug-likeness (QED) is 0.465. The normalized spacial score (nSPS) is 11.1. The largest absolute Gasteiger partial charge is 0.416 e. The second-order valence-electron chi connectivity index (χ2n) is 6.53. The molecule has 0 heterocycles. The van der Waals surface area contributed by atoms with Gasteiger partial charge in [0.05, 0.1) is 5.56 Å². The van der Waals surface area contributed by atoms with Crippen LogP contribution in [0.15, 0.2) is 71.2 Å². The number of anilines is 2. The summed E-state index contributed by atoms with van der Waals surface area (Å²) >= 11 is 3.38. The number of carbonyl (C=O) groups excluding carboxylic acids is 2. The fourth-order valence-corrected chi connectivity index (χ4v) is 3.03. The van der Waals surface area contributed by atoms with Gasteiger partial charge in [-0.25, -0.2) is 0 Å².